The number of rotatable bonds is 10. The van der Waals surface area contributed by atoms with E-state index in [0.717, 1.165) is 49.9 Å². The van der Waals surface area contributed by atoms with Crippen LogP contribution in [0, 0.1) is 0 Å². The van der Waals surface area contributed by atoms with E-state index in [1.54, 1.807) is 0 Å². The van der Waals surface area contributed by atoms with Crippen LogP contribution < -0.4 is 0 Å². The van der Waals surface area contributed by atoms with Gasteiger partial charge in [-0.2, -0.15) is 0 Å². The predicted octanol–water partition coefficient (Wildman–Crippen LogP) is 3.04. The quantitative estimate of drug-likeness (QED) is 0.579. The van der Waals surface area contributed by atoms with Gasteiger partial charge in [-0.25, -0.2) is 0 Å². The third-order valence-electron chi connectivity index (χ3n) is 4.09. The van der Waals surface area contributed by atoms with Gasteiger partial charge >= 0.3 is 0 Å². The Morgan fingerprint density at radius 2 is 1.48 bits per heavy atom. The molecule has 0 bridgehead atoms. The first kappa shape index (κ1) is 19.9. The fourth-order valence-corrected chi connectivity index (χ4v) is 2.73. The monoisotopic (exact) mass is 323 g/mol. The molecule has 0 fully saturated rings. The van der Waals surface area contributed by atoms with Crippen LogP contribution >= 0.6 is 0 Å². The molecule has 0 aliphatic rings. The number of aliphatic hydroxyl groups is 2. The maximum atomic E-state index is 10.6. The van der Waals surface area contributed by atoms with Crippen LogP contribution in [0.4, 0.5) is 0 Å². The van der Waals surface area contributed by atoms with Gasteiger partial charge in [0.15, 0.2) is 0 Å². The molecule has 4 heteroatoms. The molecule has 3 N–H and O–H groups in total. The molecular formula is C19H33NO3. The molecule has 0 aromatic heterocycles. The molecule has 0 radical (unpaired) electrons. The second-order valence-corrected chi connectivity index (χ2v) is 7.20. The Bertz CT molecular complexity index is 444. The Hall–Kier alpha value is -1.10. The average Bonchev–Trinajstić information content (AvgIpc) is 2.48. The standard InChI is InChI=1S/C19H33NO3/c1-19(2,3)17-10-8-9-16(18(17)23)15-20(11-4-6-13-21)12-5-7-14-22/h8-10,21-23H,4-7,11-15H2,1-3H3. The molecule has 0 unspecified atom stereocenters. The van der Waals surface area contributed by atoms with Crippen LogP contribution in [-0.2, 0) is 12.0 Å². The number of hydrogen-bond donors (Lipinski definition) is 3. The lowest BCUT2D eigenvalue weighted by molar-refractivity contribution is 0.219. The topological polar surface area (TPSA) is 63.9 Å². The van der Waals surface area contributed by atoms with Crippen LogP contribution in [-0.4, -0.2) is 46.5 Å². The highest BCUT2D eigenvalue weighted by Gasteiger charge is 2.20. The first-order valence-corrected chi connectivity index (χ1v) is 8.65. The number of para-hydroxylation sites is 1. The van der Waals surface area contributed by atoms with Crippen LogP contribution in [0.15, 0.2) is 18.2 Å². The van der Waals surface area contributed by atoms with Gasteiger partial charge in [0.25, 0.3) is 0 Å². The van der Waals surface area contributed by atoms with Crippen LogP contribution in [0.3, 0.4) is 0 Å². The smallest absolute Gasteiger partial charge is 0.123 e. The molecule has 0 heterocycles. The molecule has 0 saturated carbocycles. The Morgan fingerprint density at radius 1 is 0.913 bits per heavy atom. The molecular weight excluding hydrogens is 290 g/mol. The van der Waals surface area contributed by atoms with Crippen LogP contribution in [0.5, 0.6) is 5.75 Å². The van der Waals surface area contributed by atoms with Gasteiger partial charge < -0.3 is 15.3 Å². The molecule has 132 valence electrons. The Morgan fingerprint density at radius 3 is 1.96 bits per heavy atom. The van der Waals surface area contributed by atoms with Crippen LogP contribution in [0.1, 0.15) is 57.6 Å². The molecule has 23 heavy (non-hydrogen) atoms. The van der Waals surface area contributed by atoms with E-state index in [9.17, 15) is 5.11 Å². The summed E-state index contributed by atoms with van der Waals surface area (Å²) in [5.74, 6) is 0.398. The van der Waals surface area contributed by atoms with Crippen molar-refractivity contribution < 1.29 is 15.3 Å². The summed E-state index contributed by atoms with van der Waals surface area (Å²) in [6.45, 7) is 9.23. The molecule has 1 rings (SSSR count). The zero-order valence-corrected chi connectivity index (χ0v) is 14.9. The average molecular weight is 323 g/mol. The summed E-state index contributed by atoms with van der Waals surface area (Å²) in [4.78, 5) is 2.30. The summed E-state index contributed by atoms with van der Waals surface area (Å²) in [7, 11) is 0. The van der Waals surface area contributed by atoms with Crippen molar-refractivity contribution in [2.45, 2.75) is 58.4 Å². The maximum Gasteiger partial charge on any atom is 0.123 e. The number of aromatic hydroxyl groups is 1. The zero-order valence-electron chi connectivity index (χ0n) is 14.9. The predicted molar refractivity (Wildman–Crippen MR) is 94.7 cm³/mol. The lowest BCUT2D eigenvalue weighted by Crippen LogP contribution is -2.26. The van der Waals surface area contributed by atoms with Gasteiger partial charge in [-0.05, 0) is 49.8 Å². The molecule has 0 aliphatic carbocycles. The van der Waals surface area contributed by atoms with Gasteiger partial charge in [-0.15, -0.1) is 0 Å². The highest BCUT2D eigenvalue weighted by atomic mass is 16.3. The number of phenolic OH excluding ortho intramolecular Hbond substituents is 1. The summed E-state index contributed by atoms with van der Waals surface area (Å²) in [5.41, 5.74) is 1.84. The van der Waals surface area contributed by atoms with Crippen molar-refractivity contribution in [1.29, 1.82) is 0 Å². The van der Waals surface area contributed by atoms with Crippen LogP contribution in [0.2, 0.25) is 0 Å². The van der Waals surface area contributed by atoms with E-state index in [-0.39, 0.29) is 18.6 Å². The van der Waals surface area contributed by atoms with E-state index in [0.29, 0.717) is 12.3 Å². The number of phenols is 1. The number of benzene rings is 1. The third kappa shape index (κ3) is 6.90. The minimum absolute atomic E-state index is 0.0846. The first-order valence-electron chi connectivity index (χ1n) is 8.65. The molecule has 0 spiro atoms. The molecule has 4 nitrogen and oxygen atoms in total. The summed E-state index contributed by atoms with van der Waals surface area (Å²) in [6, 6.07) is 5.98. The fourth-order valence-electron chi connectivity index (χ4n) is 2.73. The zero-order chi connectivity index (χ0) is 17.3. The van der Waals surface area contributed by atoms with E-state index in [4.69, 9.17) is 10.2 Å². The van der Waals surface area contributed by atoms with Gasteiger partial charge in [0, 0.05) is 25.3 Å². The molecule has 1 aromatic carbocycles. The second-order valence-electron chi connectivity index (χ2n) is 7.20. The summed E-state index contributed by atoms with van der Waals surface area (Å²) < 4.78 is 0. The maximum absolute atomic E-state index is 10.6. The van der Waals surface area contributed by atoms with E-state index in [2.05, 4.69) is 25.7 Å². The highest BCUT2D eigenvalue weighted by molar-refractivity contribution is 5.43. The number of nitrogens with zero attached hydrogens (tertiary/aromatic N) is 1. The molecule has 0 amide bonds. The SMILES string of the molecule is CC(C)(C)c1cccc(CN(CCCCO)CCCCO)c1O. The summed E-state index contributed by atoms with van der Waals surface area (Å²) in [5, 5.41) is 28.5. The molecule has 1 aromatic rings. The van der Waals surface area contributed by atoms with Crippen molar-refractivity contribution in [1.82, 2.24) is 4.90 Å². The lowest BCUT2D eigenvalue weighted by atomic mass is 9.85. The summed E-state index contributed by atoms with van der Waals surface area (Å²) >= 11 is 0. The van der Waals surface area contributed by atoms with Crippen LogP contribution in [0.25, 0.3) is 0 Å². The van der Waals surface area contributed by atoms with Crippen molar-refractivity contribution in [3.63, 3.8) is 0 Å². The third-order valence-corrected chi connectivity index (χ3v) is 4.09. The minimum Gasteiger partial charge on any atom is -0.507 e. The minimum atomic E-state index is -0.0846. The molecule has 0 atom stereocenters. The van der Waals surface area contributed by atoms with E-state index in [1.807, 2.05) is 18.2 Å². The van der Waals surface area contributed by atoms with E-state index in [1.165, 1.54) is 0 Å². The normalized spacial score (nSPS) is 12.1. The van der Waals surface area contributed by atoms with Crippen molar-refractivity contribution in [2.24, 2.45) is 0 Å². The van der Waals surface area contributed by atoms with Gasteiger partial charge in [-0.3, -0.25) is 4.90 Å². The van der Waals surface area contributed by atoms with Crippen molar-refractivity contribution in [3.05, 3.63) is 29.3 Å². The Balaban J connectivity index is 2.80. The first-order chi connectivity index (χ1) is 10.9. The molecule has 0 saturated heterocycles. The van der Waals surface area contributed by atoms with Crippen molar-refractivity contribution in [2.75, 3.05) is 26.3 Å². The second kappa shape index (κ2) is 9.91. The van der Waals surface area contributed by atoms with Crippen molar-refractivity contribution >= 4 is 0 Å². The lowest BCUT2D eigenvalue weighted by Gasteiger charge is -2.26. The Labute approximate surface area is 140 Å². The largest absolute Gasteiger partial charge is 0.507 e. The Kier molecular flexibility index (Phi) is 8.59. The number of unbranched alkanes of at least 4 members (excludes halogenated alkanes) is 2. The van der Waals surface area contributed by atoms with Gasteiger partial charge in [0.1, 0.15) is 5.75 Å². The van der Waals surface area contributed by atoms with Gasteiger partial charge in [0.05, 0.1) is 0 Å². The summed E-state index contributed by atoms with van der Waals surface area (Å²) in [6.07, 6.45) is 3.47. The molecule has 0 aliphatic heterocycles. The van der Waals surface area contributed by atoms with E-state index < -0.39 is 0 Å². The highest BCUT2D eigenvalue weighted by Crippen LogP contribution is 2.33. The van der Waals surface area contributed by atoms with Gasteiger partial charge in [-0.1, -0.05) is 39.0 Å². The number of aliphatic hydroxyl groups excluding tert-OH is 2. The fraction of sp³-hybridized carbons (Fsp3) is 0.684. The van der Waals surface area contributed by atoms with E-state index >= 15 is 0 Å². The van der Waals surface area contributed by atoms with Crippen molar-refractivity contribution in [3.8, 4) is 5.75 Å². The van der Waals surface area contributed by atoms with Gasteiger partial charge in [0.2, 0.25) is 0 Å². The number of hydrogen-bond acceptors (Lipinski definition) is 4.